The molecule has 10 heteroatoms. The number of carbonyl (C=O) groups excluding carboxylic acids is 1. The molecule has 1 aliphatic rings. The van der Waals surface area contributed by atoms with E-state index in [1.807, 2.05) is 0 Å². The first-order valence-corrected chi connectivity index (χ1v) is 10.2. The van der Waals surface area contributed by atoms with Crippen LogP contribution in [0.3, 0.4) is 0 Å². The van der Waals surface area contributed by atoms with E-state index >= 15 is 0 Å². The van der Waals surface area contributed by atoms with Gasteiger partial charge in [-0.2, -0.15) is 0 Å². The predicted molar refractivity (Wildman–Crippen MR) is 104 cm³/mol. The lowest BCUT2D eigenvalue weighted by molar-refractivity contribution is -0.384. The van der Waals surface area contributed by atoms with Gasteiger partial charge in [0, 0.05) is 12.1 Å². The Kier molecular flexibility index (Phi) is 5.23. The fourth-order valence-corrected chi connectivity index (χ4v) is 3.95. The summed E-state index contributed by atoms with van der Waals surface area (Å²) in [5.41, 5.74) is 1.12. The van der Waals surface area contributed by atoms with E-state index in [9.17, 15) is 23.3 Å². The molecule has 0 saturated carbocycles. The van der Waals surface area contributed by atoms with Crippen LogP contribution in [-0.2, 0) is 14.8 Å². The van der Waals surface area contributed by atoms with Gasteiger partial charge in [0.2, 0.25) is 10.0 Å². The van der Waals surface area contributed by atoms with Crippen molar-refractivity contribution in [2.45, 2.75) is 20.0 Å². The van der Waals surface area contributed by atoms with Gasteiger partial charge in [0.15, 0.2) is 6.10 Å². The number of nitro benzene ring substituents is 1. The largest absolute Gasteiger partial charge is 0.476 e. The second-order valence-electron chi connectivity index (χ2n) is 6.25. The van der Waals surface area contributed by atoms with Crippen LogP contribution in [-0.4, -0.2) is 37.6 Å². The van der Waals surface area contributed by atoms with Crippen LogP contribution in [0.4, 0.5) is 17.1 Å². The molecule has 0 bridgehead atoms. The number of nitrogens with one attached hydrogen (secondary N) is 1. The Morgan fingerprint density at radius 3 is 2.71 bits per heavy atom. The van der Waals surface area contributed by atoms with Gasteiger partial charge in [-0.15, -0.1) is 0 Å². The highest BCUT2D eigenvalue weighted by molar-refractivity contribution is 7.92. The molecule has 1 N–H and O–H groups in total. The zero-order valence-electron chi connectivity index (χ0n) is 15.3. The SMILES string of the molecule is CCS(=O)(=O)N1C[C@@H](C(=O)Nc2cc([N+](=O)[O-])ccc2C)Oc2ccccc21. The van der Waals surface area contributed by atoms with Gasteiger partial charge >= 0.3 is 0 Å². The zero-order valence-corrected chi connectivity index (χ0v) is 16.1. The van der Waals surface area contributed by atoms with Crippen LogP contribution in [0.25, 0.3) is 0 Å². The van der Waals surface area contributed by atoms with E-state index in [2.05, 4.69) is 5.32 Å². The number of carbonyl (C=O) groups is 1. The Morgan fingerprint density at radius 2 is 2.04 bits per heavy atom. The number of aryl methyl sites for hydroxylation is 1. The zero-order chi connectivity index (χ0) is 20.5. The summed E-state index contributed by atoms with van der Waals surface area (Å²) in [6.07, 6.45) is -1.10. The number of rotatable bonds is 5. The number of sulfonamides is 1. The van der Waals surface area contributed by atoms with Gasteiger partial charge in [0.1, 0.15) is 5.75 Å². The summed E-state index contributed by atoms with van der Waals surface area (Å²) in [5.74, 6) is -0.435. The normalized spacial score (nSPS) is 16.1. The van der Waals surface area contributed by atoms with Gasteiger partial charge in [-0.1, -0.05) is 18.2 Å². The summed E-state index contributed by atoms with van der Waals surface area (Å²) in [6.45, 7) is 3.03. The van der Waals surface area contributed by atoms with Crippen LogP contribution in [0.15, 0.2) is 42.5 Å². The molecule has 0 spiro atoms. The number of ether oxygens (including phenoxy) is 1. The number of nitrogens with zero attached hydrogens (tertiary/aromatic N) is 2. The summed E-state index contributed by atoms with van der Waals surface area (Å²) in [6, 6.07) is 10.7. The molecule has 148 valence electrons. The Hall–Kier alpha value is -3.14. The number of anilines is 2. The van der Waals surface area contributed by atoms with Crippen molar-refractivity contribution in [3.63, 3.8) is 0 Å². The molecule has 0 saturated heterocycles. The van der Waals surface area contributed by atoms with Crippen molar-refractivity contribution in [2.24, 2.45) is 0 Å². The van der Waals surface area contributed by atoms with Crippen LogP contribution >= 0.6 is 0 Å². The fraction of sp³-hybridized carbons (Fsp3) is 0.278. The molecule has 0 aliphatic carbocycles. The molecule has 1 heterocycles. The quantitative estimate of drug-likeness (QED) is 0.603. The van der Waals surface area contributed by atoms with E-state index in [0.717, 1.165) is 4.31 Å². The van der Waals surface area contributed by atoms with Crippen molar-refractivity contribution in [3.05, 3.63) is 58.1 Å². The molecule has 28 heavy (non-hydrogen) atoms. The molecule has 1 atom stereocenters. The average molecular weight is 405 g/mol. The molecular formula is C18H19N3O6S. The van der Waals surface area contributed by atoms with E-state index < -0.39 is 27.0 Å². The van der Waals surface area contributed by atoms with Gasteiger partial charge in [0.05, 0.1) is 28.6 Å². The molecule has 3 rings (SSSR count). The maximum Gasteiger partial charge on any atom is 0.271 e. The van der Waals surface area contributed by atoms with Gasteiger partial charge in [-0.25, -0.2) is 8.42 Å². The second kappa shape index (κ2) is 7.47. The minimum absolute atomic E-state index is 0.125. The first kappa shape index (κ1) is 19.6. The number of non-ortho nitro benzene ring substituents is 1. The molecule has 0 unspecified atom stereocenters. The summed E-state index contributed by atoms with van der Waals surface area (Å²) >= 11 is 0. The highest BCUT2D eigenvalue weighted by Gasteiger charge is 2.36. The van der Waals surface area contributed by atoms with Crippen LogP contribution in [0.2, 0.25) is 0 Å². The lowest BCUT2D eigenvalue weighted by Crippen LogP contribution is -2.49. The van der Waals surface area contributed by atoms with Crippen molar-refractivity contribution in [3.8, 4) is 5.75 Å². The number of nitro groups is 1. The Bertz CT molecular complexity index is 1040. The molecule has 2 aromatic carbocycles. The minimum atomic E-state index is -3.62. The van der Waals surface area contributed by atoms with Crippen molar-refractivity contribution in [1.29, 1.82) is 0 Å². The third-order valence-corrected chi connectivity index (χ3v) is 6.16. The van der Waals surface area contributed by atoms with E-state index in [-0.39, 0.29) is 29.4 Å². The van der Waals surface area contributed by atoms with E-state index in [1.54, 1.807) is 31.2 Å². The highest BCUT2D eigenvalue weighted by atomic mass is 32.2. The molecule has 0 fully saturated rings. The molecule has 2 aromatic rings. The Labute approximate surface area is 162 Å². The van der Waals surface area contributed by atoms with Crippen molar-refractivity contribution in [1.82, 2.24) is 0 Å². The number of hydrogen-bond acceptors (Lipinski definition) is 6. The number of amides is 1. The predicted octanol–water partition coefficient (Wildman–Crippen LogP) is 2.46. The maximum atomic E-state index is 12.7. The van der Waals surface area contributed by atoms with Crippen LogP contribution in [0.5, 0.6) is 5.75 Å². The lowest BCUT2D eigenvalue weighted by atomic mass is 10.1. The second-order valence-corrected chi connectivity index (χ2v) is 8.43. The molecular weight excluding hydrogens is 386 g/mol. The molecule has 9 nitrogen and oxygen atoms in total. The maximum absolute atomic E-state index is 12.7. The first-order valence-electron chi connectivity index (χ1n) is 8.55. The smallest absolute Gasteiger partial charge is 0.271 e. The topological polar surface area (TPSA) is 119 Å². The van der Waals surface area contributed by atoms with E-state index in [4.69, 9.17) is 4.74 Å². The highest BCUT2D eigenvalue weighted by Crippen LogP contribution is 2.35. The number of benzene rings is 2. The third kappa shape index (κ3) is 3.77. The monoisotopic (exact) mass is 405 g/mol. The van der Waals surface area contributed by atoms with E-state index in [1.165, 1.54) is 25.1 Å². The summed E-state index contributed by atoms with van der Waals surface area (Å²) in [7, 11) is -3.62. The Morgan fingerprint density at radius 1 is 1.32 bits per heavy atom. The number of hydrogen-bond donors (Lipinski definition) is 1. The van der Waals surface area contributed by atoms with Crippen molar-refractivity contribution in [2.75, 3.05) is 21.9 Å². The van der Waals surface area contributed by atoms with Crippen LogP contribution < -0.4 is 14.4 Å². The standard InChI is InChI=1S/C18H19N3O6S/c1-3-28(25,26)20-11-17(27-16-7-5-4-6-15(16)20)18(22)19-14-10-13(21(23)24)9-8-12(14)2/h4-10,17H,3,11H2,1-2H3,(H,19,22)/t17-/m0/s1. The fourth-order valence-electron chi connectivity index (χ4n) is 2.83. The molecule has 1 aliphatic heterocycles. The summed E-state index contributed by atoms with van der Waals surface area (Å²) in [4.78, 5) is 23.2. The van der Waals surface area contributed by atoms with Gasteiger partial charge < -0.3 is 10.1 Å². The minimum Gasteiger partial charge on any atom is -0.476 e. The summed E-state index contributed by atoms with van der Waals surface area (Å²) in [5, 5.41) is 13.6. The van der Waals surface area contributed by atoms with Crippen LogP contribution in [0.1, 0.15) is 12.5 Å². The molecule has 1 amide bonds. The third-order valence-electron chi connectivity index (χ3n) is 4.42. The first-order chi connectivity index (χ1) is 13.2. The van der Waals surface area contributed by atoms with Crippen molar-refractivity contribution >= 4 is 33.0 Å². The molecule has 0 aromatic heterocycles. The van der Waals surface area contributed by atoms with Crippen LogP contribution in [0, 0.1) is 17.0 Å². The van der Waals surface area contributed by atoms with E-state index in [0.29, 0.717) is 11.3 Å². The lowest BCUT2D eigenvalue weighted by Gasteiger charge is -2.34. The average Bonchev–Trinajstić information content (AvgIpc) is 2.68. The number of para-hydroxylation sites is 2. The molecule has 0 radical (unpaired) electrons. The van der Waals surface area contributed by atoms with Crippen molar-refractivity contribution < 1.29 is 22.9 Å². The number of fused-ring (bicyclic) bond motifs is 1. The van der Waals surface area contributed by atoms with Gasteiger partial charge in [-0.3, -0.25) is 19.2 Å². The Balaban J connectivity index is 1.89. The summed E-state index contributed by atoms with van der Waals surface area (Å²) < 4.78 is 31.8. The van der Waals surface area contributed by atoms with Gasteiger partial charge in [0.25, 0.3) is 11.6 Å². The van der Waals surface area contributed by atoms with Gasteiger partial charge in [-0.05, 0) is 31.5 Å².